The molecule has 0 aromatic heterocycles. The number of carbonyl (C=O) groups excluding carboxylic acids is 1. The summed E-state index contributed by atoms with van der Waals surface area (Å²) in [6, 6.07) is 4.04. The predicted octanol–water partition coefficient (Wildman–Crippen LogP) is 1.31. The van der Waals surface area contributed by atoms with Crippen LogP contribution in [0, 0.1) is 15.5 Å². The van der Waals surface area contributed by atoms with E-state index >= 15 is 0 Å². The maximum Gasteiger partial charge on any atom is 0.284 e. The molecule has 1 rings (SSSR count). The normalized spacial score (nSPS) is 12.8. The molecule has 0 spiro atoms. The van der Waals surface area contributed by atoms with Crippen LogP contribution in [0.5, 0.6) is 0 Å². The molecule has 0 aliphatic heterocycles. The molecule has 0 aliphatic carbocycles. The summed E-state index contributed by atoms with van der Waals surface area (Å²) in [6.45, 7) is 5.46. The van der Waals surface area contributed by atoms with Gasteiger partial charge in [-0.3, -0.25) is 14.9 Å². The lowest BCUT2D eigenvalue weighted by molar-refractivity contribution is -0.385. The van der Waals surface area contributed by atoms with Gasteiger partial charge in [-0.2, -0.15) is 0 Å². The largest absolute Gasteiger partial charge is 0.398 e. The first-order chi connectivity index (χ1) is 9.14. The van der Waals surface area contributed by atoms with Gasteiger partial charge in [-0.25, -0.2) is 0 Å². The lowest BCUT2D eigenvalue weighted by atomic mass is 9.89. The van der Waals surface area contributed by atoms with Crippen LogP contribution in [-0.4, -0.2) is 28.6 Å². The zero-order chi connectivity index (χ0) is 15.5. The summed E-state index contributed by atoms with van der Waals surface area (Å²) in [6.07, 6.45) is -0.768. The molecule has 20 heavy (non-hydrogen) atoms. The molecule has 0 radical (unpaired) electrons. The number of nitrogen functional groups attached to an aromatic ring is 1. The number of hydrogen-bond acceptors (Lipinski definition) is 5. The first kappa shape index (κ1) is 15.9. The van der Waals surface area contributed by atoms with Crippen molar-refractivity contribution in [3.63, 3.8) is 0 Å². The second-order valence-electron chi connectivity index (χ2n) is 5.59. The number of amides is 1. The van der Waals surface area contributed by atoms with Crippen molar-refractivity contribution in [2.75, 3.05) is 12.3 Å². The van der Waals surface area contributed by atoms with Gasteiger partial charge in [0.1, 0.15) is 5.56 Å². The number of anilines is 1. The van der Waals surface area contributed by atoms with E-state index in [9.17, 15) is 20.0 Å². The second kappa shape index (κ2) is 5.87. The Morgan fingerprint density at radius 2 is 2.10 bits per heavy atom. The van der Waals surface area contributed by atoms with Crippen molar-refractivity contribution in [2.24, 2.45) is 5.41 Å². The molecule has 0 bridgehead atoms. The molecule has 4 N–H and O–H groups in total. The van der Waals surface area contributed by atoms with E-state index in [4.69, 9.17) is 5.73 Å². The molecule has 0 saturated carbocycles. The van der Waals surface area contributed by atoms with Gasteiger partial charge in [0.25, 0.3) is 11.6 Å². The summed E-state index contributed by atoms with van der Waals surface area (Å²) in [5.41, 5.74) is 4.72. The van der Waals surface area contributed by atoms with Crippen molar-refractivity contribution in [3.8, 4) is 0 Å². The van der Waals surface area contributed by atoms with Gasteiger partial charge in [-0.15, -0.1) is 0 Å². The third kappa shape index (κ3) is 3.67. The van der Waals surface area contributed by atoms with E-state index in [1.807, 2.05) is 20.8 Å². The Morgan fingerprint density at radius 3 is 2.60 bits per heavy atom. The Balaban J connectivity index is 2.91. The van der Waals surface area contributed by atoms with Gasteiger partial charge in [0.05, 0.1) is 16.7 Å². The highest BCUT2D eigenvalue weighted by atomic mass is 16.6. The predicted molar refractivity (Wildman–Crippen MR) is 75.3 cm³/mol. The fourth-order valence-corrected chi connectivity index (χ4v) is 1.54. The second-order valence-corrected chi connectivity index (χ2v) is 5.59. The monoisotopic (exact) mass is 281 g/mol. The van der Waals surface area contributed by atoms with Gasteiger partial charge in [-0.1, -0.05) is 26.8 Å². The quantitative estimate of drug-likeness (QED) is 0.437. The van der Waals surface area contributed by atoms with Crippen molar-refractivity contribution < 1.29 is 14.8 Å². The summed E-state index contributed by atoms with van der Waals surface area (Å²) in [4.78, 5) is 22.3. The van der Waals surface area contributed by atoms with E-state index in [-0.39, 0.29) is 23.5 Å². The van der Waals surface area contributed by atoms with Gasteiger partial charge < -0.3 is 16.2 Å². The highest BCUT2D eigenvalue weighted by Gasteiger charge is 2.26. The van der Waals surface area contributed by atoms with Crippen LogP contribution in [0.4, 0.5) is 11.4 Å². The van der Waals surface area contributed by atoms with Crippen LogP contribution in [0.1, 0.15) is 31.1 Å². The zero-order valence-electron chi connectivity index (χ0n) is 11.7. The lowest BCUT2D eigenvalue weighted by Crippen LogP contribution is -2.39. The highest BCUT2D eigenvalue weighted by Crippen LogP contribution is 2.24. The molecule has 7 heteroatoms. The number of nitrogens with two attached hydrogens (primary N) is 1. The van der Waals surface area contributed by atoms with Gasteiger partial charge in [0.15, 0.2) is 0 Å². The standard InChI is InChI=1S/C13H19N3O4/c1-13(2,3)10(17)7-15-12(18)11-8(14)5-4-6-9(11)16(19)20/h4-6,10,17H,7,14H2,1-3H3,(H,15,18). The summed E-state index contributed by atoms with van der Waals surface area (Å²) in [5, 5.41) is 23.2. The summed E-state index contributed by atoms with van der Waals surface area (Å²) < 4.78 is 0. The van der Waals surface area contributed by atoms with E-state index in [0.29, 0.717) is 0 Å². The van der Waals surface area contributed by atoms with Crippen LogP contribution in [-0.2, 0) is 0 Å². The Kier molecular flexibility index (Phi) is 4.67. The van der Waals surface area contributed by atoms with Crippen LogP contribution in [0.2, 0.25) is 0 Å². The SMILES string of the molecule is CC(C)(C)C(O)CNC(=O)c1c(N)cccc1[N+](=O)[O-]. The fraction of sp³-hybridized carbons (Fsp3) is 0.462. The molecule has 7 nitrogen and oxygen atoms in total. The van der Waals surface area contributed by atoms with Crippen molar-refractivity contribution in [2.45, 2.75) is 26.9 Å². The number of nitrogens with one attached hydrogen (secondary N) is 1. The van der Waals surface area contributed by atoms with Gasteiger partial charge in [0, 0.05) is 12.6 Å². The molecule has 1 aromatic rings. The minimum atomic E-state index is -0.768. The van der Waals surface area contributed by atoms with Crippen molar-refractivity contribution in [1.29, 1.82) is 0 Å². The van der Waals surface area contributed by atoms with Crippen molar-refractivity contribution in [1.82, 2.24) is 5.32 Å². The molecular formula is C13H19N3O4. The van der Waals surface area contributed by atoms with Crippen LogP contribution in [0.15, 0.2) is 18.2 Å². The first-order valence-corrected chi connectivity index (χ1v) is 6.13. The zero-order valence-corrected chi connectivity index (χ0v) is 11.7. The van der Waals surface area contributed by atoms with E-state index in [1.165, 1.54) is 18.2 Å². The van der Waals surface area contributed by atoms with Crippen molar-refractivity contribution >= 4 is 17.3 Å². The summed E-state index contributed by atoms with van der Waals surface area (Å²) in [5.74, 6) is -0.668. The molecule has 110 valence electrons. The van der Waals surface area contributed by atoms with Gasteiger partial charge in [0.2, 0.25) is 0 Å². The molecule has 1 aromatic carbocycles. The number of rotatable bonds is 4. The third-order valence-electron chi connectivity index (χ3n) is 2.95. The minimum Gasteiger partial charge on any atom is -0.398 e. The average molecular weight is 281 g/mol. The summed E-state index contributed by atoms with van der Waals surface area (Å²) in [7, 11) is 0. The Bertz CT molecular complexity index is 523. The van der Waals surface area contributed by atoms with Gasteiger partial charge >= 0.3 is 0 Å². The molecule has 1 unspecified atom stereocenters. The third-order valence-corrected chi connectivity index (χ3v) is 2.95. The first-order valence-electron chi connectivity index (χ1n) is 6.13. The smallest absolute Gasteiger partial charge is 0.284 e. The average Bonchev–Trinajstić information content (AvgIpc) is 2.33. The van der Waals surface area contributed by atoms with Crippen molar-refractivity contribution in [3.05, 3.63) is 33.9 Å². The van der Waals surface area contributed by atoms with E-state index in [1.54, 1.807) is 0 Å². The van der Waals surface area contributed by atoms with Crippen LogP contribution >= 0.6 is 0 Å². The molecule has 0 heterocycles. The number of aliphatic hydroxyl groups excluding tert-OH is 1. The number of nitrogens with zero attached hydrogens (tertiary/aromatic N) is 1. The Hall–Kier alpha value is -2.15. The fourth-order valence-electron chi connectivity index (χ4n) is 1.54. The molecule has 0 fully saturated rings. The van der Waals surface area contributed by atoms with Crippen LogP contribution in [0.3, 0.4) is 0 Å². The Labute approximate surface area is 116 Å². The lowest BCUT2D eigenvalue weighted by Gasteiger charge is -2.25. The van der Waals surface area contributed by atoms with E-state index in [0.717, 1.165) is 0 Å². The van der Waals surface area contributed by atoms with Crippen LogP contribution < -0.4 is 11.1 Å². The number of nitro benzene ring substituents is 1. The van der Waals surface area contributed by atoms with E-state index in [2.05, 4.69) is 5.32 Å². The molecule has 1 amide bonds. The number of hydrogen-bond donors (Lipinski definition) is 3. The maximum absolute atomic E-state index is 12.0. The van der Waals surface area contributed by atoms with Gasteiger partial charge in [-0.05, 0) is 11.5 Å². The maximum atomic E-state index is 12.0. The minimum absolute atomic E-state index is 0.00613. The van der Waals surface area contributed by atoms with E-state index < -0.39 is 22.3 Å². The topological polar surface area (TPSA) is 118 Å². The summed E-state index contributed by atoms with van der Waals surface area (Å²) >= 11 is 0. The molecule has 0 saturated heterocycles. The number of aliphatic hydroxyl groups is 1. The molecule has 1 atom stereocenters. The molecule has 0 aliphatic rings. The Morgan fingerprint density at radius 1 is 1.50 bits per heavy atom. The number of nitro groups is 1. The number of carbonyl (C=O) groups is 1. The van der Waals surface area contributed by atoms with Crippen LogP contribution in [0.25, 0.3) is 0 Å². The molecular weight excluding hydrogens is 262 g/mol. The number of benzene rings is 1. The highest BCUT2D eigenvalue weighted by molar-refractivity contribution is 6.03.